The zero-order valence-electron chi connectivity index (χ0n) is 15.6. The van der Waals surface area contributed by atoms with E-state index in [1.807, 2.05) is 42.2 Å². The number of fused-ring (bicyclic) bond motifs is 2. The van der Waals surface area contributed by atoms with Crippen molar-refractivity contribution >= 4 is 22.6 Å². The summed E-state index contributed by atoms with van der Waals surface area (Å²) in [6.45, 7) is 4.30. The van der Waals surface area contributed by atoms with Gasteiger partial charge in [-0.15, -0.1) is 0 Å². The summed E-state index contributed by atoms with van der Waals surface area (Å²) < 4.78 is 1.81. The fourth-order valence-electron chi connectivity index (χ4n) is 3.92. The van der Waals surface area contributed by atoms with E-state index in [1.54, 1.807) is 0 Å². The minimum atomic E-state index is 0.474. The van der Waals surface area contributed by atoms with Crippen molar-refractivity contribution in [1.82, 2.24) is 29.5 Å². The number of hydrogen-bond donors (Lipinski definition) is 2. The summed E-state index contributed by atoms with van der Waals surface area (Å²) >= 11 is 0. The average molecular weight is 361 g/mol. The zero-order chi connectivity index (χ0) is 18.4. The molecule has 5 rings (SSSR count). The van der Waals surface area contributed by atoms with Crippen LogP contribution in [0.1, 0.15) is 38.3 Å². The second-order valence-electron chi connectivity index (χ2n) is 7.66. The van der Waals surface area contributed by atoms with Crippen LogP contribution in [-0.2, 0) is 0 Å². The highest BCUT2D eigenvalue weighted by Crippen LogP contribution is 2.28. The fraction of sp³-hybridized carbons (Fsp3) is 0.400. The molecule has 27 heavy (non-hydrogen) atoms. The lowest BCUT2D eigenvalue weighted by Crippen LogP contribution is -2.26. The normalized spacial score (nSPS) is 20.4. The SMILES string of the molecule is Cc1cn2nc(-c3c[nH]c4nc(NC5CCC(C)CC5)ncc34)ccc2n1. The number of aromatic amines is 1. The number of rotatable bonds is 3. The van der Waals surface area contributed by atoms with Gasteiger partial charge in [-0.1, -0.05) is 6.92 Å². The summed E-state index contributed by atoms with van der Waals surface area (Å²) in [5.74, 6) is 1.53. The van der Waals surface area contributed by atoms with Gasteiger partial charge in [-0.05, 0) is 50.7 Å². The van der Waals surface area contributed by atoms with Gasteiger partial charge in [0.15, 0.2) is 5.65 Å². The minimum Gasteiger partial charge on any atom is -0.351 e. The molecule has 0 saturated heterocycles. The second kappa shape index (κ2) is 6.33. The Morgan fingerprint density at radius 1 is 1.15 bits per heavy atom. The molecular weight excluding hydrogens is 338 g/mol. The summed E-state index contributed by atoms with van der Waals surface area (Å²) in [6, 6.07) is 4.44. The Bertz CT molecular complexity index is 1100. The van der Waals surface area contributed by atoms with Crippen molar-refractivity contribution in [2.75, 3.05) is 5.32 Å². The quantitative estimate of drug-likeness (QED) is 0.577. The van der Waals surface area contributed by atoms with Crippen LogP contribution in [0.5, 0.6) is 0 Å². The van der Waals surface area contributed by atoms with Gasteiger partial charge in [0.1, 0.15) is 5.65 Å². The lowest BCUT2D eigenvalue weighted by Gasteiger charge is -2.26. The van der Waals surface area contributed by atoms with Crippen molar-refractivity contribution in [1.29, 1.82) is 0 Å². The molecule has 0 atom stereocenters. The maximum Gasteiger partial charge on any atom is 0.224 e. The molecular formula is C20H23N7. The number of aryl methyl sites for hydroxylation is 1. The summed E-state index contributed by atoms with van der Waals surface area (Å²) in [4.78, 5) is 16.9. The molecule has 0 bridgehead atoms. The van der Waals surface area contributed by atoms with Gasteiger partial charge in [-0.3, -0.25) is 0 Å². The fourth-order valence-corrected chi connectivity index (χ4v) is 3.92. The van der Waals surface area contributed by atoms with Gasteiger partial charge in [0.2, 0.25) is 5.95 Å². The Kier molecular flexibility index (Phi) is 3.81. The molecule has 2 N–H and O–H groups in total. The number of H-pyrrole nitrogens is 1. The molecule has 0 amide bonds. The third-order valence-corrected chi connectivity index (χ3v) is 5.50. The van der Waals surface area contributed by atoms with E-state index in [9.17, 15) is 0 Å². The molecule has 4 aromatic heterocycles. The lowest BCUT2D eigenvalue weighted by molar-refractivity contribution is 0.360. The van der Waals surface area contributed by atoms with Crippen molar-refractivity contribution in [3.63, 3.8) is 0 Å². The molecule has 4 heterocycles. The average Bonchev–Trinajstić information content (AvgIpc) is 3.25. The first kappa shape index (κ1) is 16.2. The van der Waals surface area contributed by atoms with Gasteiger partial charge in [0, 0.05) is 29.4 Å². The van der Waals surface area contributed by atoms with Gasteiger partial charge in [0.25, 0.3) is 0 Å². The van der Waals surface area contributed by atoms with Crippen molar-refractivity contribution in [2.45, 2.75) is 45.6 Å². The molecule has 4 aromatic rings. The van der Waals surface area contributed by atoms with Crippen LogP contribution in [0.2, 0.25) is 0 Å². The highest BCUT2D eigenvalue weighted by atomic mass is 15.2. The smallest absolute Gasteiger partial charge is 0.224 e. The van der Waals surface area contributed by atoms with E-state index in [-0.39, 0.29) is 0 Å². The minimum absolute atomic E-state index is 0.474. The first-order valence-corrected chi connectivity index (χ1v) is 9.60. The van der Waals surface area contributed by atoms with Crippen LogP contribution >= 0.6 is 0 Å². The molecule has 138 valence electrons. The first-order chi connectivity index (χ1) is 13.2. The third kappa shape index (κ3) is 3.03. The summed E-state index contributed by atoms with van der Waals surface area (Å²) in [6.07, 6.45) is 10.7. The Balaban J connectivity index is 1.44. The topological polar surface area (TPSA) is 83.8 Å². The first-order valence-electron chi connectivity index (χ1n) is 9.60. The van der Waals surface area contributed by atoms with Crippen LogP contribution in [0, 0.1) is 12.8 Å². The van der Waals surface area contributed by atoms with Crippen molar-refractivity contribution in [2.24, 2.45) is 5.92 Å². The zero-order valence-corrected chi connectivity index (χ0v) is 15.6. The lowest BCUT2D eigenvalue weighted by atomic mass is 9.87. The Morgan fingerprint density at radius 3 is 2.85 bits per heavy atom. The number of nitrogens with zero attached hydrogens (tertiary/aromatic N) is 5. The van der Waals surface area contributed by atoms with E-state index >= 15 is 0 Å². The van der Waals surface area contributed by atoms with Crippen molar-refractivity contribution in [3.05, 3.63) is 36.4 Å². The molecule has 1 saturated carbocycles. The van der Waals surface area contributed by atoms with Gasteiger partial charge in [-0.2, -0.15) is 10.1 Å². The highest BCUT2D eigenvalue weighted by molar-refractivity contribution is 5.92. The predicted molar refractivity (Wildman–Crippen MR) is 106 cm³/mol. The Hall–Kier alpha value is -2.96. The van der Waals surface area contributed by atoms with E-state index in [1.165, 1.54) is 25.7 Å². The molecule has 0 aromatic carbocycles. The van der Waals surface area contributed by atoms with Gasteiger partial charge < -0.3 is 10.3 Å². The molecule has 0 radical (unpaired) electrons. The number of imidazole rings is 1. The van der Waals surface area contributed by atoms with E-state index in [0.29, 0.717) is 12.0 Å². The van der Waals surface area contributed by atoms with Crippen molar-refractivity contribution in [3.8, 4) is 11.3 Å². The number of nitrogens with one attached hydrogen (secondary N) is 2. The van der Waals surface area contributed by atoms with Crippen LogP contribution in [-0.4, -0.2) is 35.6 Å². The van der Waals surface area contributed by atoms with E-state index in [2.05, 4.69) is 37.3 Å². The van der Waals surface area contributed by atoms with Gasteiger partial charge in [0.05, 0.1) is 17.6 Å². The molecule has 7 nitrogen and oxygen atoms in total. The Morgan fingerprint density at radius 2 is 2.00 bits per heavy atom. The van der Waals surface area contributed by atoms with E-state index in [4.69, 9.17) is 0 Å². The number of hydrogen-bond acceptors (Lipinski definition) is 5. The largest absolute Gasteiger partial charge is 0.351 e. The van der Waals surface area contributed by atoms with Gasteiger partial charge >= 0.3 is 0 Å². The van der Waals surface area contributed by atoms with Crippen LogP contribution in [0.4, 0.5) is 5.95 Å². The van der Waals surface area contributed by atoms with Crippen molar-refractivity contribution < 1.29 is 0 Å². The third-order valence-electron chi connectivity index (χ3n) is 5.50. The van der Waals surface area contributed by atoms with Crippen LogP contribution in [0.3, 0.4) is 0 Å². The van der Waals surface area contributed by atoms with E-state index in [0.717, 1.165) is 39.5 Å². The predicted octanol–water partition coefficient (Wildman–Crippen LogP) is 3.97. The summed E-state index contributed by atoms with van der Waals surface area (Å²) in [5, 5.41) is 9.15. The molecule has 7 heteroatoms. The number of anilines is 1. The second-order valence-corrected chi connectivity index (χ2v) is 7.66. The molecule has 0 spiro atoms. The standard InChI is InChI=1S/C20H23N7/c1-12-3-5-14(6-4-12)24-20-22-10-16-15(9-21-19(16)25-20)17-7-8-18-23-13(2)11-27(18)26-17/h7-12,14H,3-6H2,1-2H3,(H2,21,22,24,25). The monoisotopic (exact) mass is 361 g/mol. The van der Waals surface area contributed by atoms with E-state index < -0.39 is 0 Å². The Labute approximate surface area is 157 Å². The van der Waals surface area contributed by atoms with Crippen LogP contribution in [0.15, 0.2) is 30.7 Å². The number of aromatic nitrogens is 6. The molecule has 1 fully saturated rings. The molecule has 1 aliphatic rings. The highest BCUT2D eigenvalue weighted by Gasteiger charge is 2.19. The van der Waals surface area contributed by atoms with Crippen LogP contribution in [0.25, 0.3) is 27.9 Å². The summed E-state index contributed by atoms with van der Waals surface area (Å²) in [5.41, 5.74) is 4.50. The van der Waals surface area contributed by atoms with Gasteiger partial charge in [-0.25, -0.2) is 14.5 Å². The molecule has 0 unspecified atom stereocenters. The maximum absolute atomic E-state index is 4.68. The molecule has 0 aliphatic heterocycles. The maximum atomic E-state index is 4.68. The molecule has 1 aliphatic carbocycles. The summed E-state index contributed by atoms with van der Waals surface area (Å²) in [7, 11) is 0. The van der Waals surface area contributed by atoms with Crippen LogP contribution < -0.4 is 5.32 Å².